The number of ether oxygens (including phenoxy) is 1. The van der Waals surface area contributed by atoms with Gasteiger partial charge < -0.3 is 4.74 Å². The number of terminal acetylenes is 1. The minimum absolute atomic E-state index is 0.173. The lowest BCUT2D eigenvalue weighted by Crippen LogP contribution is -2.00. The van der Waals surface area contributed by atoms with Crippen LogP contribution >= 0.6 is 34.2 Å². The molecule has 0 saturated carbocycles. The lowest BCUT2D eigenvalue weighted by molar-refractivity contribution is 0.141. The third kappa shape index (κ3) is 3.99. The Bertz CT molecular complexity index is 302. The van der Waals surface area contributed by atoms with Gasteiger partial charge in [-0.15, -0.1) is 6.42 Å². The summed E-state index contributed by atoms with van der Waals surface area (Å²) < 4.78 is 5.15. The van der Waals surface area contributed by atoms with Gasteiger partial charge in [-0.3, -0.25) is 0 Å². The van der Waals surface area contributed by atoms with Gasteiger partial charge in [0.15, 0.2) is 4.11 Å². The Morgan fingerprint density at radius 1 is 1.46 bits per heavy atom. The first-order valence-corrected chi connectivity index (χ1v) is 5.31. The first kappa shape index (κ1) is 10.8. The number of hydrogen-bond donors (Lipinski definition) is 0. The average molecular weight is 307 g/mol. The second-order valence-electron chi connectivity index (χ2n) is 2.42. The van der Waals surface area contributed by atoms with E-state index in [9.17, 15) is 0 Å². The van der Waals surface area contributed by atoms with Crippen molar-refractivity contribution in [1.82, 2.24) is 0 Å². The smallest absolute Gasteiger partial charge is 0.169 e. The molecule has 1 nitrogen and oxygen atoms in total. The second kappa shape index (κ2) is 5.48. The van der Waals surface area contributed by atoms with Crippen molar-refractivity contribution in [3.8, 4) is 12.3 Å². The highest BCUT2D eigenvalue weighted by atomic mass is 127. The molecule has 0 N–H and O–H groups in total. The molecule has 0 bridgehead atoms. The van der Waals surface area contributed by atoms with E-state index in [1.807, 2.05) is 24.3 Å². The minimum Gasteiger partial charge on any atom is -0.351 e. The van der Waals surface area contributed by atoms with Crippen LogP contribution in [-0.2, 0) is 11.3 Å². The third-order valence-electron chi connectivity index (χ3n) is 1.44. The molecule has 1 unspecified atom stereocenters. The van der Waals surface area contributed by atoms with Gasteiger partial charge in [-0.25, -0.2) is 0 Å². The Balaban J connectivity index is 2.47. The molecule has 1 aromatic carbocycles. The first-order valence-electron chi connectivity index (χ1n) is 3.68. The number of rotatable bonds is 3. The maximum absolute atomic E-state index is 5.73. The molecule has 13 heavy (non-hydrogen) atoms. The molecule has 1 atom stereocenters. The second-order valence-corrected chi connectivity index (χ2v) is 3.99. The molecule has 0 fully saturated rings. The fourth-order valence-corrected chi connectivity index (χ4v) is 1.10. The van der Waals surface area contributed by atoms with E-state index in [2.05, 4.69) is 28.5 Å². The zero-order chi connectivity index (χ0) is 9.68. The van der Waals surface area contributed by atoms with Crippen LogP contribution in [0.2, 0.25) is 5.02 Å². The van der Waals surface area contributed by atoms with Gasteiger partial charge in [-0.1, -0.05) is 29.7 Å². The van der Waals surface area contributed by atoms with Crippen molar-refractivity contribution in [3.05, 3.63) is 34.9 Å². The fourth-order valence-electron chi connectivity index (χ4n) is 0.798. The van der Waals surface area contributed by atoms with Gasteiger partial charge in [0, 0.05) is 5.02 Å². The van der Waals surface area contributed by atoms with Crippen LogP contribution in [0.5, 0.6) is 0 Å². The highest BCUT2D eigenvalue weighted by Gasteiger charge is 1.98. The zero-order valence-electron chi connectivity index (χ0n) is 6.84. The molecular formula is C10H8ClIO. The van der Waals surface area contributed by atoms with Crippen LogP contribution in [0, 0.1) is 12.3 Å². The number of alkyl halides is 1. The van der Waals surface area contributed by atoms with Crippen molar-refractivity contribution in [3.63, 3.8) is 0 Å². The fraction of sp³-hybridized carbons (Fsp3) is 0.200. The summed E-state index contributed by atoms with van der Waals surface area (Å²) in [4.78, 5) is 0. The molecule has 0 radical (unpaired) electrons. The van der Waals surface area contributed by atoms with Crippen molar-refractivity contribution in [2.75, 3.05) is 0 Å². The molecule has 0 aliphatic carbocycles. The van der Waals surface area contributed by atoms with E-state index >= 15 is 0 Å². The van der Waals surface area contributed by atoms with Crippen molar-refractivity contribution >= 4 is 34.2 Å². The predicted molar refractivity (Wildman–Crippen MR) is 62.9 cm³/mol. The van der Waals surface area contributed by atoms with Gasteiger partial charge >= 0.3 is 0 Å². The van der Waals surface area contributed by atoms with Gasteiger partial charge in [0.25, 0.3) is 0 Å². The van der Waals surface area contributed by atoms with E-state index in [0.717, 1.165) is 10.6 Å². The summed E-state index contributed by atoms with van der Waals surface area (Å²) in [5, 5.41) is 0.728. The Morgan fingerprint density at radius 3 is 2.62 bits per heavy atom. The monoisotopic (exact) mass is 306 g/mol. The summed E-state index contributed by atoms with van der Waals surface area (Å²) in [6.45, 7) is 0.523. The molecule has 0 aliphatic rings. The molecule has 0 aliphatic heterocycles. The molecule has 68 valence electrons. The molecule has 3 heteroatoms. The Hall–Kier alpha value is -0.240. The average Bonchev–Trinajstić information content (AvgIpc) is 2.16. The summed E-state index contributed by atoms with van der Waals surface area (Å²) in [7, 11) is 0. The van der Waals surface area contributed by atoms with E-state index in [4.69, 9.17) is 22.8 Å². The molecule has 1 rings (SSSR count). The van der Waals surface area contributed by atoms with E-state index in [0.29, 0.717) is 6.61 Å². The number of benzene rings is 1. The van der Waals surface area contributed by atoms with E-state index in [1.54, 1.807) is 0 Å². The van der Waals surface area contributed by atoms with Crippen LogP contribution in [-0.4, -0.2) is 4.11 Å². The maximum Gasteiger partial charge on any atom is 0.169 e. The quantitative estimate of drug-likeness (QED) is 0.473. The van der Waals surface area contributed by atoms with E-state index in [-0.39, 0.29) is 4.11 Å². The van der Waals surface area contributed by atoms with Crippen LogP contribution in [0.3, 0.4) is 0 Å². The van der Waals surface area contributed by atoms with E-state index in [1.165, 1.54) is 0 Å². The van der Waals surface area contributed by atoms with E-state index < -0.39 is 0 Å². The first-order chi connectivity index (χ1) is 6.22. The molecule has 0 heterocycles. The summed E-state index contributed by atoms with van der Waals surface area (Å²) in [6.07, 6.45) is 5.16. The minimum atomic E-state index is -0.173. The van der Waals surface area contributed by atoms with Crippen LogP contribution in [0.25, 0.3) is 0 Å². The Labute approximate surface area is 96.6 Å². The van der Waals surface area contributed by atoms with Gasteiger partial charge in [-0.05, 0) is 40.3 Å². The summed E-state index contributed by atoms with van der Waals surface area (Å²) in [5.41, 5.74) is 1.07. The van der Waals surface area contributed by atoms with Crippen LogP contribution in [0.15, 0.2) is 24.3 Å². The zero-order valence-corrected chi connectivity index (χ0v) is 9.75. The van der Waals surface area contributed by atoms with Crippen LogP contribution in [0.1, 0.15) is 5.56 Å². The molecule has 1 aromatic rings. The normalized spacial score (nSPS) is 12.1. The summed E-state index contributed by atoms with van der Waals surface area (Å²) >= 11 is 7.78. The highest BCUT2D eigenvalue weighted by molar-refractivity contribution is 14.1. The lowest BCUT2D eigenvalue weighted by atomic mass is 10.2. The SMILES string of the molecule is C#CC(I)OCc1ccc(Cl)cc1. The standard InChI is InChI=1S/C10H8ClIO/c1-2-10(12)13-7-8-3-5-9(11)6-4-8/h1,3-6,10H,7H2. The topological polar surface area (TPSA) is 9.23 Å². The van der Waals surface area contributed by atoms with Crippen molar-refractivity contribution in [2.45, 2.75) is 10.7 Å². The van der Waals surface area contributed by atoms with Crippen molar-refractivity contribution in [1.29, 1.82) is 0 Å². The van der Waals surface area contributed by atoms with Gasteiger partial charge in [-0.2, -0.15) is 0 Å². The van der Waals surface area contributed by atoms with Gasteiger partial charge in [0.05, 0.1) is 6.61 Å². The number of halogens is 2. The molecule has 0 amide bonds. The van der Waals surface area contributed by atoms with Gasteiger partial charge in [0.2, 0.25) is 0 Å². The third-order valence-corrected chi connectivity index (χ3v) is 2.41. The molecule has 0 spiro atoms. The number of hydrogen-bond acceptors (Lipinski definition) is 1. The predicted octanol–water partition coefficient (Wildman–Crippen LogP) is 3.25. The summed E-state index contributed by atoms with van der Waals surface area (Å²) in [6, 6.07) is 7.50. The highest BCUT2D eigenvalue weighted by Crippen LogP contribution is 2.12. The summed E-state index contributed by atoms with van der Waals surface area (Å²) in [5.74, 6) is 2.48. The molecule has 0 saturated heterocycles. The maximum atomic E-state index is 5.73. The Kier molecular flexibility index (Phi) is 4.57. The van der Waals surface area contributed by atoms with Crippen LogP contribution < -0.4 is 0 Å². The Morgan fingerprint density at radius 2 is 2.08 bits per heavy atom. The lowest BCUT2D eigenvalue weighted by Gasteiger charge is -2.04. The molecule has 0 aromatic heterocycles. The van der Waals surface area contributed by atoms with Crippen molar-refractivity contribution < 1.29 is 4.74 Å². The largest absolute Gasteiger partial charge is 0.351 e. The van der Waals surface area contributed by atoms with Crippen molar-refractivity contribution in [2.24, 2.45) is 0 Å². The van der Waals surface area contributed by atoms with Gasteiger partial charge in [0.1, 0.15) is 0 Å². The van der Waals surface area contributed by atoms with Crippen LogP contribution in [0.4, 0.5) is 0 Å². The molecular weight excluding hydrogens is 298 g/mol.